The molecule has 0 saturated heterocycles. The molecule has 0 saturated carbocycles. The number of aromatic nitrogens is 2. The Labute approximate surface area is 167 Å². The van der Waals surface area contributed by atoms with Crippen molar-refractivity contribution < 1.29 is 13.9 Å². The average Bonchev–Trinajstić information content (AvgIpc) is 3.12. The molecular weight excluding hydrogens is 369 g/mol. The van der Waals surface area contributed by atoms with Crippen LogP contribution in [0.2, 0.25) is 0 Å². The van der Waals surface area contributed by atoms with Gasteiger partial charge in [-0.25, -0.2) is 9.37 Å². The largest absolute Gasteiger partial charge is 0.494 e. The number of imidazole rings is 1. The third-order valence-electron chi connectivity index (χ3n) is 4.81. The monoisotopic (exact) mass is 389 g/mol. The van der Waals surface area contributed by atoms with Crippen molar-refractivity contribution >= 4 is 17.2 Å². The number of carbonyl (C=O) groups is 1. The summed E-state index contributed by atoms with van der Waals surface area (Å²) in [6, 6.07) is 13.9. The third-order valence-corrected chi connectivity index (χ3v) is 4.81. The highest BCUT2D eigenvalue weighted by atomic mass is 19.1. The second-order valence-electron chi connectivity index (χ2n) is 6.93. The van der Waals surface area contributed by atoms with Gasteiger partial charge in [-0.2, -0.15) is 0 Å². The predicted molar refractivity (Wildman–Crippen MR) is 111 cm³/mol. The van der Waals surface area contributed by atoms with Gasteiger partial charge in [-0.15, -0.1) is 0 Å². The van der Waals surface area contributed by atoms with Gasteiger partial charge in [0, 0.05) is 29.2 Å². The smallest absolute Gasteiger partial charge is 0.255 e. The highest BCUT2D eigenvalue weighted by Gasteiger charge is 2.13. The first-order valence-electron chi connectivity index (χ1n) is 9.16. The van der Waals surface area contributed by atoms with Crippen LogP contribution in [0.5, 0.6) is 5.75 Å². The number of anilines is 1. The minimum absolute atomic E-state index is 0.0989. The van der Waals surface area contributed by atoms with Gasteiger partial charge in [0.2, 0.25) is 0 Å². The maximum atomic E-state index is 13.9. The van der Waals surface area contributed by atoms with E-state index in [0.29, 0.717) is 5.69 Å². The Morgan fingerprint density at radius 1 is 1.10 bits per heavy atom. The van der Waals surface area contributed by atoms with Crippen molar-refractivity contribution in [3.8, 4) is 17.0 Å². The number of rotatable bonds is 4. The first-order chi connectivity index (χ1) is 13.9. The lowest BCUT2D eigenvalue weighted by molar-refractivity contribution is 0.102. The molecule has 0 fully saturated rings. The summed E-state index contributed by atoms with van der Waals surface area (Å²) in [6.07, 6.45) is 3.92. The van der Waals surface area contributed by atoms with E-state index >= 15 is 0 Å². The van der Waals surface area contributed by atoms with E-state index in [1.165, 1.54) is 19.2 Å². The number of pyridine rings is 1. The number of nitrogens with one attached hydrogen (secondary N) is 1. The molecule has 4 rings (SSSR count). The molecule has 2 heterocycles. The second-order valence-corrected chi connectivity index (χ2v) is 6.93. The maximum absolute atomic E-state index is 13.9. The lowest BCUT2D eigenvalue weighted by Gasteiger charge is -2.11. The van der Waals surface area contributed by atoms with Gasteiger partial charge in [0.15, 0.2) is 11.6 Å². The van der Waals surface area contributed by atoms with Crippen LogP contribution in [0, 0.1) is 19.7 Å². The fraction of sp³-hybridized carbons (Fsp3) is 0.130. The summed E-state index contributed by atoms with van der Waals surface area (Å²) >= 11 is 0. The molecule has 0 atom stereocenters. The van der Waals surface area contributed by atoms with Crippen LogP contribution in [-0.2, 0) is 0 Å². The van der Waals surface area contributed by atoms with Gasteiger partial charge < -0.3 is 14.5 Å². The highest BCUT2D eigenvalue weighted by molar-refractivity contribution is 6.05. The van der Waals surface area contributed by atoms with Crippen molar-refractivity contribution in [3.05, 3.63) is 83.4 Å². The van der Waals surface area contributed by atoms with Gasteiger partial charge in [0.1, 0.15) is 5.65 Å². The summed E-state index contributed by atoms with van der Waals surface area (Å²) < 4.78 is 20.8. The number of methoxy groups -OCH3 is 1. The van der Waals surface area contributed by atoms with Crippen LogP contribution >= 0.6 is 0 Å². The predicted octanol–water partition coefficient (Wildman–Crippen LogP) is 5.02. The summed E-state index contributed by atoms with van der Waals surface area (Å²) in [4.78, 5) is 17.3. The molecule has 146 valence electrons. The SMILES string of the molecule is COc1ccc(C(=O)Nc2cc(-c3cn4ccc(C)cc4n3)ccc2C)cc1F. The number of hydrogen-bond acceptors (Lipinski definition) is 3. The van der Waals surface area contributed by atoms with E-state index in [1.54, 1.807) is 0 Å². The van der Waals surface area contributed by atoms with E-state index in [1.807, 2.05) is 61.0 Å². The molecule has 0 unspecified atom stereocenters. The van der Waals surface area contributed by atoms with Crippen LogP contribution in [-0.4, -0.2) is 22.4 Å². The van der Waals surface area contributed by atoms with Gasteiger partial charge in [-0.3, -0.25) is 4.79 Å². The fourth-order valence-electron chi connectivity index (χ4n) is 3.14. The summed E-state index contributed by atoms with van der Waals surface area (Å²) in [5, 5.41) is 2.86. The molecule has 0 aliphatic rings. The van der Waals surface area contributed by atoms with Crippen molar-refractivity contribution in [1.82, 2.24) is 9.38 Å². The Kier molecular flexibility index (Phi) is 4.76. The number of nitrogens with zero attached hydrogens (tertiary/aromatic N) is 2. The Morgan fingerprint density at radius 2 is 1.93 bits per heavy atom. The van der Waals surface area contributed by atoms with E-state index in [0.717, 1.165) is 34.1 Å². The molecular formula is C23H20FN3O2. The topological polar surface area (TPSA) is 55.6 Å². The Balaban J connectivity index is 1.64. The molecule has 0 bridgehead atoms. The molecule has 6 heteroatoms. The molecule has 5 nitrogen and oxygen atoms in total. The van der Waals surface area contributed by atoms with Crippen molar-refractivity contribution in [1.29, 1.82) is 0 Å². The van der Waals surface area contributed by atoms with Crippen LogP contribution in [0.3, 0.4) is 0 Å². The molecule has 1 N–H and O–H groups in total. The first kappa shape index (κ1) is 18.7. The molecule has 0 aliphatic carbocycles. The molecule has 0 spiro atoms. The maximum Gasteiger partial charge on any atom is 0.255 e. The number of hydrogen-bond donors (Lipinski definition) is 1. The summed E-state index contributed by atoms with van der Waals surface area (Å²) in [6.45, 7) is 3.93. The van der Waals surface area contributed by atoms with E-state index in [9.17, 15) is 9.18 Å². The Hall–Kier alpha value is -3.67. The van der Waals surface area contributed by atoms with Crippen molar-refractivity contribution in [2.24, 2.45) is 0 Å². The number of aryl methyl sites for hydroxylation is 2. The van der Waals surface area contributed by atoms with E-state index < -0.39 is 11.7 Å². The van der Waals surface area contributed by atoms with Crippen LogP contribution in [0.1, 0.15) is 21.5 Å². The van der Waals surface area contributed by atoms with Gasteiger partial charge in [-0.05, 0) is 61.4 Å². The van der Waals surface area contributed by atoms with E-state index in [2.05, 4.69) is 10.3 Å². The fourth-order valence-corrected chi connectivity index (χ4v) is 3.14. The summed E-state index contributed by atoms with van der Waals surface area (Å²) in [5.74, 6) is -0.871. The quantitative estimate of drug-likeness (QED) is 0.533. The Morgan fingerprint density at radius 3 is 2.69 bits per heavy atom. The van der Waals surface area contributed by atoms with Crippen molar-refractivity contribution in [3.63, 3.8) is 0 Å². The molecule has 29 heavy (non-hydrogen) atoms. The van der Waals surface area contributed by atoms with Crippen LogP contribution < -0.4 is 10.1 Å². The van der Waals surface area contributed by atoms with E-state index in [-0.39, 0.29) is 11.3 Å². The Bertz CT molecular complexity index is 1230. The number of halogens is 1. The zero-order valence-electron chi connectivity index (χ0n) is 16.4. The molecule has 0 radical (unpaired) electrons. The zero-order valence-corrected chi connectivity index (χ0v) is 16.4. The van der Waals surface area contributed by atoms with Crippen molar-refractivity contribution in [2.75, 3.05) is 12.4 Å². The van der Waals surface area contributed by atoms with Gasteiger partial charge in [-0.1, -0.05) is 12.1 Å². The number of fused-ring (bicyclic) bond motifs is 1. The summed E-state index contributed by atoms with van der Waals surface area (Å²) in [5.41, 5.74) is 5.46. The molecule has 0 aliphatic heterocycles. The minimum atomic E-state index is -0.578. The van der Waals surface area contributed by atoms with E-state index in [4.69, 9.17) is 4.74 Å². The number of carbonyl (C=O) groups excluding carboxylic acids is 1. The molecule has 1 amide bonds. The number of amides is 1. The minimum Gasteiger partial charge on any atom is -0.494 e. The lowest BCUT2D eigenvalue weighted by atomic mass is 10.1. The molecule has 2 aromatic heterocycles. The average molecular weight is 389 g/mol. The third kappa shape index (κ3) is 3.69. The van der Waals surface area contributed by atoms with Crippen LogP contribution in [0.15, 0.2) is 60.9 Å². The number of benzene rings is 2. The number of ether oxygens (including phenoxy) is 1. The zero-order chi connectivity index (χ0) is 20.5. The molecule has 2 aromatic carbocycles. The van der Waals surface area contributed by atoms with Gasteiger partial charge in [0.25, 0.3) is 5.91 Å². The highest BCUT2D eigenvalue weighted by Crippen LogP contribution is 2.26. The second kappa shape index (κ2) is 7.39. The lowest BCUT2D eigenvalue weighted by Crippen LogP contribution is -2.13. The normalized spacial score (nSPS) is 10.9. The van der Waals surface area contributed by atoms with Gasteiger partial charge in [0.05, 0.1) is 12.8 Å². The first-order valence-corrected chi connectivity index (χ1v) is 9.16. The summed E-state index contributed by atoms with van der Waals surface area (Å²) in [7, 11) is 1.38. The van der Waals surface area contributed by atoms with Gasteiger partial charge >= 0.3 is 0 Å². The van der Waals surface area contributed by atoms with Crippen LogP contribution in [0.4, 0.5) is 10.1 Å². The standard InChI is InChI=1S/C23H20FN3O2/c1-14-8-9-27-13-20(25-22(27)10-14)16-5-4-15(2)19(12-16)26-23(28)17-6-7-21(29-3)18(24)11-17/h4-13H,1-3H3,(H,26,28). The molecule has 4 aromatic rings. The van der Waals surface area contributed by atoms with Crippen molar-refractivity contribution in [2.45, 2.75) is 13.8 Å². The van der Waals surface area contributed by atoms with Crippen LogP contribution in [0.25, 0.3) is 16.9 Å².